The number of hydrogen-bond acceptors (Lipinski definition) is 4. The van der Waals surface area contributed by atoms with Crippen molar-refractivity contribution >= 4 is 33.7 Å². The first kappa shape index (κ1) is 13.7. The second-order valence-corrected chi connectivity index (χ2v) is 5.84. The first-order chi connectivity index (χ1) is 9.06. The van der Waals surface area contributed by atoms with Crippen molar-refractivity contribution in [3.05, 3.63) is 29.3 Å². The number of hydrogen-bond donors (Lipinski definition) is 1. The molecule has 0 saturated heterocycles. The SMILES string of the molecule is CC(C)CC(/N=C/c1nc2ccccc2s1)C(=O)O. The summed E-state index contributed by atoms with van der Waals surface area (Å²) in [6, 6.07) is 7.13. The number of fused-ring (bicyclic) bond motifs is 1. The molecule has 19 heavy (non-hydrogen) atoms. The quantitative estimate of drug-likeness (QED) is 0.853. The van der Waals surface area contributed by atoms with Crippen molar-refractivity contribution in [1.29, 1.82) is 0 Å². The third-order valence-corrected chi connectivity index (χ3v) is 3.63. The Labute approximate surface area is 115 Å². The number of aliphatic carboxylic acids is 1. The minimum Gasteiger partial charge on any atom is -0.480 e. The van der Waals surface area contributed by atoms with Gasteiger partial charge in [-0.05, 0) is 24.5 Å². The summed E-state index contributed by atoms with van der Waals surface area (Å²) >= 11 is 1.52. The molecule has 0 aliphatic carbocycles. The predicted molar refractivity (Wildman–Crippen MR) is 78.1 cm³/mol. The molecule has 2 rings (SSSR count). The fourth-order valence-corrected chi connectivity index (χ4v) is 2.62. The van der Waals surface area contributed by atoms with Crippen LogP contribution < -0.4 is 0 Å². The number of para-hydroxylation sites is 1. The molecule has 0 aliphatic rings. The zero-order chi connectivity index (χ0) is 13.8. The van der Waals surface area contributed by atoms with Gasteiger partial charge in [-0.15, -0.1) is 11.3 Å². The molecule has 1 heterocycles. The van der Waals surface area contributed by atoms with Gasteiger partial charge in [0.05, 0.1) is 16.4 Å². The Balaban J connectivity index is 2.17. The van der Waals surface area contributed by atoms with Gasteiger partial charge in [-0.2, -0.15) is 0 Å². The van der Waals surface area contributed by atoms with E-state index in [-0.39, 0.29) is 0 Å². The summed E-state index contributed by atoms with van der Waals surface area (Å²) in [5, 5.41) is 9.86. The van der Waals surface area contributed by atoms with Crippen LogP contribution in [0.5, 0.6) is 0 Å². The fraction of sp³-hybridized carbons (Fsp3) is 0.357. The summed E-state index contributed by atoms with van der Waals surface area (Å²) in [7, 11) is 0. The number of carboxylic acids is 1. The molecule has 0 fully saturated rings. The first-order valence-electron chi connectivity index (χ1n) is 6.18. The molecular formula is C14H16N2O2S. The molecule has 0 saturated carbocycles. The second kappa shape index (κ2) is 5.93. The van der Waals surface area contributed by atoms with Gasteiger partial charge in [0.2, 0.25) is 0 Å². The van der Waals surface area contributed by atoms with Crippen LogP contribution in [0.25, 0.3) is 10.2 Å². The van der Waals surface area contributed by atoms with E-state index in [1.54, 1.807) is 6.21 Å². The molecule has 1 unspecified atom stereocenters. The van der Waals surface area contributed by atoms with E-state index in [0.29, 0.717) is 12.3 Å². The lowest BCUT2D eigenvalue weighted by Crippen LogP contribution is -2.20. The van der Waals surface area contributed by atoms with Crippen LogP contribution in [0.2, 0.25) is 0 Å². The molecule has 0 amide bonds. The number of aromatic nitrogens is 1. The largest absolute Gasteiger partial charge is 0.480 e. The zero-order valence-corrected chi connectivity index (χ0v) is 11.7. The number of benzene rings is 1. The lowest BCUT2D eigenvalue weighted by molar-refractivity contribution is -0.138. The summed E-state index contributed by atoms with van der Waals surface area (Å²) in [6.07, 6.45) is 2.11. The van der Waals surface area contributed by atoms with Crippen LogP contribution in [0.15, 0.2) is 29.3 Å². The van der Waals surface area contributed by atoms with Gasteiger partial charge in [0.15, 0.2) is 0 Å². The molecule has 0 aliphatic heterocycles. The normalized spacial score (nSPS) is 13.4. The third-order valence-electron chi connectivity index (χ3n) is 2.66. The highest BCUT2D eigenvalue weighted by Crippen LogP contribution is 2.20. The van der Waals surface area contributed by atoms with E-state index in [9.17, 15) is 4.79 Å². The maximum atomic E-state index is 11.1. The van der Waals surface area contributed by atoms with Crippen molar-refractivity contribution in [2.75, 3.05) is 0 Å². The van der Waals surface area contributed by atoms with Gasteiger partial charge in [-0.25, -0.2) is 9.78 Å². The van der Waals surface area contributed by atoms with Crippen molar-refractivity contribution in [2.24, 2.45) is 10.9 Å². The van der Waals surface area contributed by atoms with E-state index in [1.807, 2.05) is 38.1 Å². The molecule has 0 radical (unpaired) electrons. The molecule has 1 atom stereocenters. The Hall–Kier alpha value is -1.75. The molecule has 4 nitrogen and oxygen atoms in total. The van der Waals surface area contributed by atoms with E-state index in [1.165, 1.54) is 11.3 Å². The van der Waals surface area contributed by atoms with Crippen LogP contribution in [0.1, 0.15) is 25.3 Å². The first-order valence-corrected chi connectivity index (χ1v) is 6.99. The average Bonchev–Trinajstić information content (AvgIpc) is 2.76. The minimum atomic E-state index is -0.883. The Kier molecular flexibility index (Phi) is 4.27. The van der Waals surface area contributed by atoms with Gasteiger partial charge in [-0.3, -0.25) is 4.99 Å². The molecule has 2 aromatic rings. The zero-order valence-electron chi connectivity index (χ0n) is 10.9. The predicted octanol–water partition coefficient (Wildman–Crippen LogP) is 3.21. The maximum Gasteiger partial charge on any atom is 0.328 e. The Morgan fingerprint density at radius 3 is 2.84 bits per heavy atom. The molecule has 1 aromatic carbocycles. The van der Waals surface area contributed by atoms with E-state index in [4.69, 9.17) is 5.11 Å². The number of thiazole rings is 1. The number of aliphatic imine (C=N–C) groups is 1. The highest BCUT2D eigenvalue weighted by atomic mass is 32.1. The smallest absolute Gasteiger partial charge is 0.328 e. The van der Waals surface area contributed by atoms with Crippen LogP contribution in [0, 0.1) is 5.92 Å². The van der Waals surface area contributed by atoms with Crippen molar-refractivity contribution in [3.63, 3.8) is 0 Å². The lowest BCUT2D eigenvalue weighted by atomic mass is 10.0. The fourth-order valence-electron chi connectivity index (χ4n) is 1.77. The number of carbonyl (C=O) groups is 1. The van der Waals surface area contributed by atoms with Gasteiger partial charge >= 0.3 is 5.97 Å². The number of nitrogens with zero attached hydrogens (tertiary/aromatic N) is 2. The standard InChI is InChI=1S/C14H16N2O2S/c1-9(2)7-11(14(17)18)15-8-13-16-10-5-3-4-6-12(10)19-13/h3-6,8-9,11H,7H2,1-2H3,(H,17,18)/b15-8+. The van der Waals surface area contributed by atoms with Gasteiger partial charge in [-0.1, -0.05) is 26.0 Å². The molecule has 0 spiro atoms. The van der Waals surface area contributed by atoms with Crippen molar-refractivity contribution in [3.8, 4) is 0 Å². The maximum absolute atomic E-state index is 11.1. The third kappa shape index (κ3) is 3.61. The van der Waals surface area contributed by atoms with E-state index in [2.05, 4.69) is 9.98 Å². The Morgan fingerprint density at radius 2 is 2.21 bits per heavy atom. The van der Waals surface area contributed by atoms with Crippen molar-refractivity contribution < 1.29 is 9.90 Å². The van der Waals surface area contributed by atoms with Gasteiger partial charge in [0.1, 0.15) is 11.0 Å². The molecule has 100 valence electrons. The van der Waals surface area contributed by atoms with E-state index >= 15 is 0 Å². The van der Waals surface area contributed by atoms with Crippen molar-refractivity contribution in [2.45, 2.75) is 26.3 Å². The summed E-state index contributed by atoms with van der Waals surface area (Å²) in [4.78, 5) is 19.6. The van der Waals surface area contributed by atoms with Crippen LogP contribution in [0.3, 0.4) is 0 Å². The minimum absolute atomic E-state index is 0.300. The van der Waals surface area contributed by atoms with Gasteiger partial charge in [0.25, 0.3) is 0 Å². The van der Waals surface area contributed by atoms with Gasteiger partial charge in [0, 0.05) is 0 Å². The molecule has 0 bridgehead atoms. The average molecular weight is 276 g/mol. The molecule has 5 heteroatoms. The van der Waals surface area contributed by atoms with Crippen LogP contribution in [0.4, 0.5) is 0 Å². The summed E-state index contributed by atoms with van der Waals surface area (Å²) in [6.45, 7) is 3.98. The molecule has 1 N–H and O–H groups in total. The number of rotatable bonds is 5. The Bertz CT molecular complexity index is 571. The van der Waals surface area contributed by atoms with Crippen molar-refractivity contribution in [1.82, 2.24) is 4.98 Å². The number of carboxylic acid groups (broad SMARTS) is 1. The van der Waals surface area contributed by atoms with Crippen LogP contribution in [-0.2, 0) is 4.79 Å². The highest BCUT2D eigenvalue weighted by Gasteiger charge is 2.16. The van der Waals surface area contributed by atoms with E-state index in [0.717, 1.165) is 15.2 Å². The summed E-state index contributed by atoms with van der Waals surface area (Å²) in [5.41, 5.74) is 0.921. The lowest BCUT2D eigenvalue weighted by Gasteiger charge is -2.09. The van der Waals surface area contributed by atoms with Crippen LogP contribution in [-0.4, -0.2) is 28.3 Å². The molecular weight excluding hydrogens is 260 g/mol. The van der Waals surface area contributed by atoms with Crippen LogP contribution >= 0.6 is 11.3 Å². The topological polar surface area (TPSA) is 62.5 Å². The summed E-state index contributed by atoms with van der Waals surface area (Å²) in [5.74, 6) is -0.584. The van der Waals surface area contributed by atoms with E-state index < -0.39 is 12.0 Å². The Morgan fingerprint density at radius 1 is 1.47 bits per heavy atom. The van der Waals surface area contributed by atoms with Gasteiger partial charge < -0.3 is 5.11 Å². The summed E-state index contributed by atoms with van der Waals surface area (Å²) < 4.78 is 1.08. The monoisotopic (exact) mass is 276 g/mol. The molecule has 1 aromatic heterocycles. The highest BCUT2D eigenvalue weighted by molar-refractivity contribution is 7.20. The second-order valence-electron chi connectivity index (χ2n) is 4.78.